The zero-order chi connectivity index (χ0) is 12.5. The first kappa shape index (κ1) is 11.6. The monoisotopic (exact) mass is 277 g/mol. The topological polar surface area (TPSA) is 38.3 Å². The van der Waals surface area contributed by atoms with Crippen LogP contribution in [0.5, 0.6) is 5.75 Å². The number of thiophene rings is 1. The van der Waals surface area contributed by atoms with Crippen LogP contribution in [0.25, 0.3) is 0 Å². The summed E-state index contributed by atoms with van der Waals surface area (Å²) >= 11 is 5.59. The summed E-state index contributed by atoms with van der Waals surface area (Å²) in [6.07, 6.45) is 0. The smallest absolute Gasteiger partial charge is 0.261 e. The first-order chi connectivity index (χ1) is 8.74. The Morgan fingerprint density at radius 2 is 2.28 bits per heavy atom. The van der Waals surface area contributed by atoms with Crippen molar-refractivity contribution >= 4 is 29.9 Å². The Balaban J connectivity index is 1.77. The summed E-state index contributed by atoms with van der Waals surface area (Å²) < 4.78 is 5.53. The fourth-order valence-corrected chi connectivity index (χ4v) is 3.01. The van der Waals surface area contributed by atoms with E-state index in [2.05, 4.69) is 17.9 Å². The number of amides is 1. The zero-order valence-corrected chi connectivity index (χ0v) is 11.1. The number of benzene rings is 1. The third kappa shape index (κ3) is 2.11. The Morgan fingerprint density at radius 1 is 1.44 bits per heavy atom. The Morgan fingerprint density at radius 3 is 3.06 bits per heavy atom. The molecule has 2 aromatic rings. The Bertz CT molecular complexity index is 594. The van der Waals surface area contributed by atoms with Crippen molar-refractivity contribution in [2.45, 2.75) is 10.9 Å². The Kier molecular flexibility index (Phi) is 3.01. The van der Waals surface area contributed by atoms with E-state index in [1.807, 2.05) is 29.6 Å². The van der Waals surface area contributed by atoms with Crippen LogP contribution in [0.15, 0.2) is 40.6 Å². The van der Waals surface area contributed by atoms with Crippen LogP contribution < -0.4 is 10.1 Å². The van der Waals surface area contributed by atoms with E-state index in [4.69, 9.17) is 4.74 Å². The zero-order valence-electron chi connectivity index (χ0n) is 9.42. The molecule has 0 saturated heterocycles. The minimum Gasteiger partial charge on any atom is -0.491 e. The van der Waals surface area contributed by atoms with E-state index in [9.17, 15) is 4.79 Å². The Labute approximate surface area is 114 Å². The van der Waals surface area contributed by atoms with Gasteiger partial charge in [-0.2, -0.15) is 0 Å². The lowest BCUT2D eigenvalue weighted by atomic mass is 10.1. The van der Waals surface area contributed by atoms with E-state index in [-0.39, 0.29) is 11.9 Å². The van der Waals surface area contributed by atoms with Crippen molar-refractivity contribution in [2.75, 3.05) is 6.61 Å². The maximum atomic E-state index is 12.0. The largest absolute Gasteiger partial charge is 0.491 e. The van der Waals surface area contributed by atoms with Crippen molar-refractivity contribution in [3.8, 4) is 5.75 Å². The highest BCUT2D eigenvalue weighted by molar-refractivity contribution is 7.80. The van der Waals surface area contributed by atoms with Crippen molar-refractivity contribution in [1.82, 2.24) is 5.32 Å². The molecule has 3 nitrogen and oxygen atoms in total. The average Bonchev–Trinajstić information content (AvgIpc) is 2.97. The van der Waals surface area contributed by atoms with Crippen molar-refractivity contribution in [3.05, 3.63) is 46.2 Å². The lowest BCUT2D eigenvalue weighted by molar-refractivity contribution is 0.0934. The van der Waals surface area contributed by atoms with Gasteiger partial charge in [0.25, 0.3) is 5.91 Å². The predicted molar refractivity (Wildman–Crippen MR) is 73.7 cm³/mol. The molecule has 1 aliphatic rings. The van der Waals surface area contributed by atoms with Crippen LogP contribution in [0.2, 0.25) is 0 Å². The molecule has 1 unspecified atom stereocenters. The molecule has 5 heteroatoms. The van der Waals surface area contributed by atoms with Gasteiger partial charge in [-0.1, -0.05) is 18.2 Å². The molecular weight excluding hydrogens is 266 g/mol. The number of carbonyl (C=O) groups is 1. The molecule has 1 amide bonds. The van der Waals surface area contributed by atoms with Crippen molar-refractivity contribution < 1.29 is 9.53 Å². The van der Waals surface area contributed by atoms with Gasteiger partial charge in [0.15, 0.2) is 0 Å². The van der Waals surface area contributed by atoms with E-state index in [1.165, 1.54) is 11.3 Å². The molecule has 0 radical (unpaired) electrons. The lowest BCUT2D eigenvalue weighted by Gasteiger charge is -2.10. The first-order valence-corrected chi connectivity index (χ1v) is 6.87. The summed E-state index contributed by atoms with van der Waals surface area (Å²) in [5.41, 5.74) is 1.04. The molecule has 1 atom stereocenters. The van der Waals surface area contributed by atoms with Crippen LogP contribution in [0.4, 0.5) is 0 Å². The second-order valence-corrected chi connectivity index (χ2v) is 5.47. The molecule has 0 aliphatic carbocycles. The van der Waals surface area contributed by atoms with Crippen LogP contribution in [0.1, 0.15) is 21.3 Å². The maximum Gasteiger partial charge on any atom is 0.261 e. The van der Waals surface area contributed by atoms with Gasteiger partial charge in [0.2, 0.25) is 0 Å². The molecule has 0 bridgehead atoms. The molecular formula is C13H11NO2S2. The van der Waals surface area contributed by atoms with E-state index < -0.39 is 0 Å². The molecule has 0 spiro atoms. The number of ether oxygens (including phenoxy) is 1. The first-order valence-electron chi connectivity index (χ1n) is 5.54. The van der Waals surface area contributed by atoms with Crippen LogP contribution >= 0.6 is 24.0 Å². The van der Waals surface area contributed by atoms with Gasteiger partial charge in [-0.15, -0.1) is 24.0 Å². The molecule has 18 heavy (non-hydrogen) atoms. The summed E-state index contributed by atoms with van der Waals surface area (Å²) in [6.45, 7) is 0.490. The van der Waals surface area contributed by atoms with Crippen LogP contribution in [-0.4, -0.2) is 12.5 Å². The number of thiol groups is 1. The molecule has 1 aromatic heterocycles. The highest BCUT2D eigenvalue weighted by Crippen LogP contribution is 2.32. The van der Waals surface area contributed by atoms with Crippen molar-refractivity contribution in [1.29, 1.82) is 0 Å². The summed E-state index contributed by atoms with van der Waals surface area (Å²) in [4.78, 5) is 13.5. The predicted octanol–water partition coefficient (Wildman–Crippen LogP) is 2.90. The SMILES string of the molecule is O=C(NC1COc2ccccc21)c1cc(S)cs1. The van der Waals surface area contributed by atoms with E-state index in [1.54, 1.807) is 6.07 Å². The van der Waals surface area contributed by atoms with Gasteiger partial charge < -0.3 is 10.1 Å². The molecule has 1 N–H and O–H groups in total. The summed E-state index contributed by atoms with van der Waals surface area (Å²) in [6, 6.07) is 9.47. The Hall–Kier alpha value is -1.46. The number of hydrogen-bond donors (Lipinski definition) is 2. The fourth-order valence-electron chi connectivity index (χ4n) is 1.96. The molecule has 3 rings (SSSR count). The van der Waals surface area contributed by atoms with Crippen LogP contribution in [-0.2, 0) is 0 Å². The number of hydrogen-bond acceptors (Lipinski definition) is 4. The van der Waals surface area contributed by atoms with E-state index in [0.717, 1.165) is 16.2 Å². The molecule has 1 aliphatic heterocycles. The minimum absolute atomic E-state index is 0.0702. The average molecular weight is 277 g/mol. The van der Waals surface area contributed by atoms with Crippen molar-refractivity contribution in [2.24, 2.45) is 0 Å². The number of fused-ring (bicyclic) bond motifs is 1. The summed E-state index contributed by atoms with van der Waals surface area (Å²) in [5, 5.41) is 4.82. The molecule has 0 saturated carbocycles. The quantitative estimate of drug-likeness (QED) is 0.828. The summed E-state index contributed by atoms with van der Waals surface area (Å²) in [7, 11) is 0. The van der Waals surface area contributed by atoms with Crippen molar-refractivity contribution in [3.63, 3.8) is 0 Å². The number of para-hydroxylation sites is 1. The fraction of sp³-hybridized carbons (Fsp3) is 0.154. The maximum absolute atomic E-state index is 12.0. The highest BCUT2D eigenvalue weighted by atomic mass is 32.1. The van der Waals surface area contributed by atoms with Gasteiger partial charge >= 0.3 is 0 Å². The number of rotatable bonds is 2. The molecule has 0 fully saturated rings. The molecule has 1 aromatic carbocycles. The second-order valence-electron chi connectivity index (χ2n) is 4.04. The van der Waals surface area contributed by atoms with E-state index in [0.29, 0.717) is 11.5 Å². The molecule has 2 heterocycles. The van der Waals surface area contributed by atoms with Crippen LogP contribution in [0, 0.1) is 0 Å². The highest BCUT2D eigenvalue weighted by Gasteiger charge is 2.25. The van der Waals surface area contributed by atoms with Gasteiger partial charge in [0.05, 0.1) is 10.9 Å². The lowest BCUT2D eigenvalue weighted by Crippen LogP contribution is -2.28. The standard InChI is InChI=1S/C13H11NO2S2/c15-13(12-5-8(17)7-18-12)14-10-6-16-11-4-2-1-3-9(10)11/h1-5,7,10,17H,6H2,(H,14,15). The van der Waals surface area contributed by atoms with Gasteiger partial charge in [0, 0.05) is 15.8 Å². The van der Waals surface area contributed by atoms with Crippen LogP contribution in [0.3, 0.4) is 0 Å². The minimum atomic E-state index is -0.0781. The molecule has 92 valence electrons. The third-order valence-electron chi connectivity index (χ3n) is 2.81. The second kappa shape index (κ2) is 4.66. The number of nitrogens with one attached hydrogen (secondary N) is 1. The third-order valence-corrected chi connectivity index (χ3v) is 4.18. The summed E-state index contributed by atoms with van der Waals surface area (Å²) in [5.74, 6) is 0.773. The van der Waals surface area contributed by atoms with Gasteiger partial charge in [-0.05, 0) is 12.1 Å². The number of carbonyl (C=O) groups excluding carboxylic acids is 1. The van der Waals surface area contributed by atoms with Gasteiger partial charge in [-0.25, -0.2) is 0 Å². The van der Waals surface area contributed by atoms with Gasteiger partial charge in [-0.3, -0.25) is 4.79 Å². The van der Waals surface area contributed by atoms with E-state index >= 15 is 0 Å². The normalized spacial score (nSPS) is 17.1. The van der Waals surface area contributed by atoms with Gasteiger partial charge in [0.1, 0.15) is 12.4 Å².